The number of piperazine rings is 1. The van der Waals surface area contributed by atoms with Gasteiger partial charge in [-0.25, -0.2) is 14.4 Å². The molecule has 1 aliphatic heterocycles. The molecule has 16 heteroatoms. The number of hydrogen-bond donors (Lipinski definition) is 3. The number of halogens is 2. The summed E-state index contributed by atoms with van der Waals surface area (Å²) in [5, 5.41) is 17.2. The van der Waals surface area contributed by atoms with Crippen molar-refractivity contribution in [3.05, 3.63) is 81.6 Å². The van der Waals surface area contributed by atoms with E-state index >= 15 is 0 Å². The van der Waals surface area contributed by atoms with Gasteiger partial charge in [0.15, 0.2) is 11.6 Å². The second-order valence-electron chi connectivity index (χ2n) is 11.3. The van der Waals surface area contributed by atoms with E-state index in [0.29, 0.717) is 17.1 Å². The number of amides is 2. The fraction of sp³-hybridized carbons (Fsp3) is 0.250. The summed E-state index contributed by atoms with van der Waals surface area (Å²) in [5.74, 6) is 2.92. The first-order chi connectivity index (χ1) is 23.0. The van der Waals surface area contributed by atoms with Crippen LogP contribution in [-0.4, -0.2) is 83.9 Å². The molecule has 0 aliphatic carbocycles. The van der Waals surface area contributed by atoms with E-state index in [0.717, 1.165) is 32.2 Å². The van der Waals surface area contributed by atoms with E-state index in [2.05, 4.69) is 42.0 Å². The van der Waals surface area contributed by atoms with Crippen molar-refractivity contribution < 1.29 is 19.1 Å². The molecule has 2 amide bonds. The van der Waals surface area contributed by atoms with Gasteiger partial charge in [0.2, 0.25) is 5.91 Å². The van der Waals surface area contributed by atoms with E-state index in [4.69, 9.17) is 17.3 Å². The van der Waals surface area contributed by atoms with Gasteiger partial charge in [-0.3, -0.25) is 23.6 Å². The van der Waals surface area contributed by atoms with Gasteiger partial charge in [0.25, 0.3) is 11.5 Å². The third-order valence-corrected chi connectivity index (χ3v) is 8.23. The number of carbonyl (C=O) groups excluding carboxylic acids is 2. The molecule has 14 nitrogen and oxygen atoms in total. The fourth-order valence-corrected chi connectivity index (χ4v) is 5.55. The molecule has 0 saturated carbocycles. The van der Waals surface area contributed by atoms with Gasteiger partial charge in [0.05, 0.1) is 46.2 Å². The summed E-state index contributed by atoms with van der Waals surface area (Å²) in [6.07, 6.45) is 7.54. The number of nitrogens with two attached hydrogens (primary N) is 1. The molecule has 1 fully saturated rings. The largest absolute Gasteiger partial charge is 0.504 e. The summed E-state index contributed by atoms with van der Waals surface area (Å²) in [4.78, 5) is 52.4. The van der Waals surface area contributed by atoms with Crippen molar-refractivity contribution in [2.45, 2.75) is 13.1 Å². The highest BCUT2D eigenvalue weighted by Gasteiger charge is 2.23. The molecule has 0 atom stereocenters. The lowest BCUT2D eigenvalue weighted by molar-refractivity contribution is -0.116. The Bertz CT molecular complexity index is 2190. The fourth-order valence-electron chi connectivity index (χ4n) is 5.40. The number of nitrogens with one attached hydrogen (secondary N) is 1. The van der Waals surface area contributed by atoms with Crippen LogP contribution in [0.4, 0.5) is 15.9 Å². The molecular weight excluding hydrogens is 643 g/mol. The van der Waals surface area contributed by atoms with Crippen LogP contribution in [0.15, 0.2) is 54.1 Å². The van der Waals surface area contributed by atoms with Crippen LogP contribution in [0.1, 0.15) is 15.9 Å². The predicted molar refractivity (Wildman–Crippen MR) is 177 cm³/mol. The predicted octanol–water partition coefficient (Wildman–Crippen LogP) is 2.03. The first-order valence-corrected chi connectivity index (χ1v) is 15.1. The van der Waals surface area contributed by atoms with Crippen molar-refractivity contribution in [3.8, 4) is 28.7 Å². The minimum Gasteiger partial charge on any atom is -0.504 e. The molecule has 1 aromatic carbocycles. The monoisotopic (exact) mass is 672 g/mol. The number of benzene rings is 1. The third-order valence-electron chi connectivity index (χ3n) is 7.93. The second kappa shape index (κ2) is 13.2. The summed E-state index contributed by atoms with van der Waals surface area (Å²) in [5.41, 5.74) is 5.73. The number of likely N-dealkylation sites (N-methyl/N-ethyl adjacent to an activating group) is 1. The van der Waals surface area contributed by atoms with Crippen LogP contribution in [0, 0.1) is 17.7 Å². The minimum absolute atomic E-state index is 0.0333. The summed E-state index contributed by atoms with van der Waals surface area (Å²) in [7, 11) is 3.80. The highest BCUT2D eigenvalue weighted by molar-refractivity contribution is 6.33. The molecule has 246 valence electrons. The maximum absolute atomic E-state index is 14.8. The summed E-state index contributed by atoms with van der Waals surface area (Å²) in [6.45, 7) is 2.93. The molecule has 0 spiro atoms. The Morgan fingerprint density at radius 3 is 2.56 bits per heavy atom. The molecule has 0 radical (unpaired) electrons. The Balaban J connectivity index is 1.36. The molecule has 6 rings (SSSR count). The van der Waals surface area contributed by atoms with Crippen LogP contribution in [-0.2, 0) is 24.9 Å². The van der Waals surface area contributed by atoms with Gasteiger partial charge in [0, 0.05) is 57.3 Å². The number of aryl methyl sites for hydroxylation is 1. The molecule has 4 aromatic heterocycles. The van der Waals surface area contributed by atoms with E-state index in [9.17, 15) is 23.9 Å². The van der Waals surface area contributed by atoms with Crippen molar-refractivity contribution in [1.82, 2.24) is 33.8 Å². The molecule has 5 aromatic rings. The summed E-state index contributed by atoms with van der Waals surface area (Å²) >= 11 is 6.40. The van der Waals surface area contributed by atoms with Gasteiger partial charge in [-0.05, 0) is 24.7 Å². The Labute approximate surface area is 278 Å². The molecule has 48 heavy (non-hydrogen) atoms. The van der Waals surface area contributed by atoms with Crippen molar-refractivity contribution in [2.24, 2.45) is 12.8 Å². The van der Waals surface area contributed by atoms with Crippen LogP contribution in [0.2, 0.25) is 5.02 Å². The standard InChI is InChI=1S/C32H30ClFN10O4/c1-40-6-8-42(9-7-40)26-12-25(23(33)14-36-26)39-27(45)17-44-16-22(20-10-21(30(35)47)29(46)24(34)11-20)28-31(44)37-18-43(32(28)48)5-3-4-19-13-38-41(2)15-19/h10-16,18,46H,5-9,17H2,1-2H3,(H2,35,47)(H,36,39,45). The lowest BCUT2D eigenvalue weighted by Gasteiger charge is -2.33. The molecule has 4 N–H and O–H groups in total. The van der Waals surface area contributed by atoms with Crippen LogP contribution >= 0.6 is 11.6 Å². The zero-order valence-corrected chi connectivity index (χ0v) is 26.7. The van der Waals surface area contributed by atoms with Gasteiger partial charge in [0.1, 0.15) is 24.3 Å². The lowest BCUT2D eigenvalue weighted by Crippen LogP contribution is -2.44. The quantitative estimate of drug-likeness (QED) is 0.219. The number of carbonyl (C=O) groups is 2. The third kappa shape index (κ3) is 6.57. The summed E-state index contributed by atoms with van der Waals surface area (Å²) in [6, 6.07) is 3.85. The minimum atomic E-state index is -1.12. The number of phenols is 1. The van der Waals surface area contributed by atoms with E-state index in [1.54, 1.807) is 30.2 Å². The van der Waals surface area contributed by atoms with E-state index in [-0.39, 0.29) is 40.3 Å². The van der Waals surface area contributed by atoms with Crippen LogP contribution in [0.5, 0.6) is 5.75 Å². The Kier molecular flexibility index (Phi) is 8.85. The van der Waals surface area contributed by atoms with Crippen LogP contribution in [0.3, 0.4) is 0 Å². The number of pyridine rings is 1. The number of aromatic hydroxyl groups is 1. The SMILES string of the molecule is CN1CCN(c2cc(NC(=O)Cn3cc(-c4cc(F)c(O)c(C(N)=O)c4)c4c(=O)n(CC#Cc5cnn(C)c5)cnc43)c(Cl)cn2)CC1. The van der Waals surface area contributed by atoms with Crippen molar-refractivity contribution >= 4 is 46.0 Å². The summed E-state index contributed by atoms with van der Waals surface area (Å²) < 4.78 is 19.1. The van der Waals surface area contributed by atoms with Crippen LogP contribution in [0.25, 0.3) is 22.2 Å². The van der Waals surface area contributed by atoms with Crippen molar-refractivity contribution in [3.63, 3.8) is 0 Å². The molecule has 5 heterocycles. The Hall–Kier alpha value is -5.72. The lowest BCUT2D eigenvalue weighted by atomic mass is 10.0. The topological polar surface area (TPSA) is 169 Å². The Morgan fingerprint density at radius 2 is 1.85 bits per heavy atom. The molecule has 1 saturated heterocycles. The van der Waals surface area contributed by atoms with E-state index in [1.165, 1.54) is 33.9 Å². The van der Waals surface area contributed by atoms with E-state index < -0.39 is 34.5 Å². The van der Waals surface area contributed by atoms with Gasteiger partial charge in [-0.15, -0.1) is 0 Å². The smallest absolute Gasteiger partial charge is 0.264 e. The normalized spacial score (nSPS) is 13.4. The highest BCUT2D eigenvalue weighted by atomic mass is 35.5. The number of anilines is 2. The van der Waals surface area contributed by atoms with Gasteiger partial charge >= 0.3 is 0 Å². The number of primary amides is 1. The number of fused-ring (bicyclic) bond motifs is 1. The van der Waals surface area contributed by atoms with Crippen molar-refractivity contribution in [1.29, 1.82) is 0 Å². The molecular formula is C32H30ClFN10O4. The maximum Gasteiger partial charge on any atom is 0.264 e. The first-order valence-electron chi connectivity index (χ1n) is 14.8. The average Bonchev–Trinajstić information content (AvgIpc) is 3.64. The van der Waals surface area contributed by atoms with Gasteiger partial charge in [-0.2, -0.15) is 5.10 Å². The Morgan fingerprint density at radius 1 is 1.08 bits per heavy atom. The number of hydrogen-bond acceptors (Lipinski definition) is 9. The van der Waals surface area contributed by atoms with Gasteiger partial charge < -0.3 is 30.5 Å². The average molecular weight is 673 g/mol. The first kappa shape index (κ1) is 32.2. The number of nitrogens with zero attached hydrogens (tertiary/aromatic N) is 8. The van der Waals surface area contributed by atoms with Crippen LogP contribution < -0.4 is 21.5 Å². The van der Waals surface area contributed by atoms with E-state index in [1.807, 2.05) is 7.05 Å². The number of aromatic nitrogens is 6. The number of rotatable bonds is 7. The maximum atomic E-state index is 14.8. The van der Waals surface area contributed by atoms with Gasteiger partial charge in [-0.1, -0.05) is 23.4 Å². The van der Waals surface area contributed by atoms with Crippen molar-refractivity contribution in [2.75, 3.05) is 43.4 Å². The molecule has 0 bridgehead atoms. The zero-order chi connectivity index (χ0) is 34.1. The zero-order valence-electron chi connectivity index (χ0n) is 25.9. The highest BCUT2D eigenvalue weighted by Crippen LogP contribution is 2.33. The molecule has 1 aliphatic rings. The molecule has 0 unspecified atom stereocenters. The second-order valence-corrected chi connectivity index (χ2v) is 11.7.